The summed E-state index contributed by atoms with van der Waals surface area (Å²) in [4.78, 5) is 12.0. The third-order valence-corrected chi connectivity index (χ3v) is 3.59. The smallest absolute Gasteiger partial charge is 0.240 e. The summed E-state index contributed by atoms with van der Waals surface area (Å²) in [6.45, 7) is 0.210. The number of aliphatic hydroxyl groups excluding tert-OH is 1. The van der Waals surface area contributed by atoms with Crippen LogP contribution in [0.25, 0.3) is 0 Å². The van der Waals surface area contributed by atoms with E-state index < -0.39 is 11.6 Å². The maximum absolute atomic E-state index is 12.0. The second-order valence-corrected chi connectivity index (χ2v) is 5.00. The predicted molar refractivity (Wildman–Crippen MR) is 69.8 cm³/mol. The quantitative estimate of drug-likeness (QED) is 0.747. The van der Waals surface area contributed by atoms with Crippen molar-refractivity contribution in [3.8, 4) is 0 Å². The number of benzene rings is 1. The predicted octanol–water partition coefficient (Wildman–Crippen LogP) is 1.11. The van der Waals surface area contributed by atoms with Crippen molar-refractivity contribution in [1.82, 2.24) is 5.32 Å². The molecule has 1 atom stereocenters. The fraction of sp³-hybridized carbons (Fsp3) is 0.500. The molecule has 0 spiro atoms. The molecule has 0 aromatic heterocycles. The van der Waals surface area contributed by atoms with Crippen molar-refractivity contribution in [3.05, 3.63) is 35.9 Å². The van der Waals surface area contributed by atoms with Crippen LogP contribution < -0.4 is 11.1 Å². The zero-order chi connectivity index (χ0) is 13.0. The summed E-state index contributed by atoms with van der Waals surface area (Å²) >= 11 is 0. The first kappa shape index (κ1) is 13.1. The molecule has 0 bridgehead atoms. The molecule has 2 rings (SSSR count). The van der Waals surface area contributed by atoms with Gasteiger partial charge in [-0.15, -0.1) is 0 Å². The van der Waals surface area contributed by atoms with E-state index in [9.17, 15) is 9.90 Å². The number of amides is 1. The first-order valence-electron chi connectivity index (χ1n) is 6.42. The Kier molecular flexibility index (Phi) is 3.99. The lowest BCUT2D eigenvalue weighted by molar-refractivity contribution is -0.126. The van der Waals surface area contributed by atoms with Gasteiger partial charge in [-0.05, 0) is 18.4 Å². The molecule has 1 unspecified atom stereocenters. The lowest BCUT2D eigenvalue weighted by Crippen LogP contribution is -2.52. The Morgan fingerprint density at radius 1 is 1.33 bits per heavy atom. The molecule has 4 heteroatoms. The Balaban J connectivity index is 1.86. The van der Waals surface area contributed by atoms with Gasteiger partial charge in [0, 0.05) is 6.54 Å². The van der Waals surface area contributed by atoms with Crippen LogP contribution >= 0.6 is 0 Å². The highest BCUT2D eigenvalue weighted by Crippen LogP contribution is 2.27. The molecule has 0 saturated heterocycles. The number of nitrogens with two attached hydrogens (primary N) is 1. The van der Waals surface area contributed by atoms with E-state index in [0.29, 0.717) is 0 Å². The van der Waals surface area contributed by atoms with Gasteiger partial charge in [-0.3, -0.25) is 4.79 Å². The van der Waals surface area contributed by atoms with Crippen LogP contribution in [0.15, 0.2) is 30.3 Å². The lowest BCUT2D eigenvalue weighted by Gasteiger charge is -2.23. The summed E-state index contributed by atoms with van der Waals surface area (Å²) in [6.07, 6.45) is 2.80. The molecule has 98 valence electrons. The number of aliphatic hydroxyl groups is 1. The van der Waals surface area contributed by atoms with E-state index in [-0.39, 0.29) is 12.5 Å². The van der Waals surface area contributed by atoms with Gasteiger partial charge in [0.05, 0.1) is 11.6 Å². The zero-order valence-corrected chi connectivity index (χ0v) is 10.4. The third kappa shape index (κ3) is 2.89. The number of carbonyl (C=O) groups excluding carboxylic acids is 1. The number of rotatable bonds is 4. The highest BCUT2D eigenvalue weighted by Gasteiger charge is 2.36. The molecule has 1 amide bonds. The Morgan fingerprint density at radius 2 is 1.94 bits per heavy atom. The molecule has 1 fully saturated rings. The van der Waals surface area contributed by atoms with Crippen LogP contribution in [-0.2, 0) is 4.79 Å². The van der Waals surface area contributed by atoms with Gasteiger partial charge in [-0.2, -0.15) is 0 Å². The van der Waals surface area contributed by atoms with Gasteiger partial charge in [-0.1, -0.05) is 43.2 Å². The fourth-order valence-corrected chi connectivity index (χ4v) is 2.39. The Morgan fingerprint density at radius 3 is 2.56 bits per heavy atom. The molecule has 1 saturated carbocycles. The minimum Gasteiger partial charge on any atom is -0.387 e. The second-order valence-electron chi connectivity index (χ2n) is 5.00. The van der Waals surface area contributed by atoms with Crippen LogP contribution in [0.5, 0.6) is 0 Å². The maximum atomic E-state index is 12.0. The number of hydrogen-bond donors (Lipinski definition) is 3. The van der Waals surface area contributed by atoms with Gasteiger partial charge in [0.1, 0.15) is 0 Å². The average Bonchev–Trinajstić information content (AvgIpc) is 2.85. The molecule has 0 radical (unpaired) electrons. The van der Waals surface area contributed by atoms with E-state index in [2.05, 4.69) is 5.32 Å². The molecular formula is C14H20N2O2. The van der Waals surface area contributed by atoms with E-state index >= 15 is 0 Å². The van der Waals surface area contributed by atoms with Crippen molar-refractivity contribution in [2.45, 2.75) is 37.3 Å². The summed E-state index contributed by atoms with van der Waals surface area (Å²) in [5.41, 5.74) is 6.11. The molecule has 0 aliphatic heterocycles. The highest BCUT2D eigenvalue weighted by atomic mass is 16.3. The largest absolute Gasteiger partial charge is 0.387 e. The SMILES string of the molecule is NC1(C(=O)NCC(O)c2ccccc2)CCCC1. The van der Waals surface area contributed by atoms with Crippen LogP contribution in [0.2, 0.25) is 0 Å². The Labute approximate surface area is 107 Å². The van der Waals surface area contributed by atoms with Crippen molar-refractivity contribution >= 4 is 5.91 Å². The molecule has 4 nitrogen and oxygen atoms in total. The standard InChI is InChI=1S/C14H20N2O2/c15-14(8-4-5-9-14)13(18)16-10-12(17)11-6-2-1-3-7-11/h1-3,6-7,12,17H,4-5,8-10,15H2,(H,16,18). The van der Waals surface area contributed by atoms with Crippen molar-refractivity contribution in [2.24, 2.45) is 5.73 Å². The zero-order valence-electron chi connectivity index (χ0n) is 10.4. The van der Waals surface area contributed by atoms with Gasteiger partial charge in [-0.25, -0.2) is 0 Å². The monoisotopic (exact) mass is 248 g/mol. The van der Waals surface area contributed by atoms with Crippen LogP contribution in [0, 0.1) is 0 Å². The van der Waals surface area contributed by atoms with Crippen molar-refractivity contribution in [3.63, 3.8) is 0 Å². The number of nitrogens with one attached hydrogen (secondary N) is 1. The fourth-order valence-electron chi connectivity index (χ4n) is 2.39. The van der Waals surface area contributed by atoms with Crippen LogP contribution in [-0.4, -0.2) is 23.1 Å². The van der Waals surface area contributed by atoms with Crippen LogP contribution in [0.4, 0.5) is 0 Å². The first-order chi connectivity index (χ1) is 8.62. The Hall–Kier alpha value is -1.39. The molecule has 4 N–H and O–H groups in total. The van der Waals surface area contributed by atoms with Crippen molar-refractivity contribution < 1.29 is 9.90 Å². The van der Waals surface area contributed by atoms with Gasteiger partial charge >= 0.3 is 0 Å². The third-order valence-electron chi connectivity index (χ3n) is 3.59. The summed E-state index contributed by atoms with van der Waals surface area (Å²) in [5, 5.41) is 12.7. The van der Waals surface area contributed by atoms with E-state index in [0.717, 1.165) is 31.2 Å². The summed E-state index contributed by atoms with van der Waals surface area (Å²) < 4.78 is 0. The van der Waals surface area contributed by atoms with Gasteiger partial charge in [0.15, 0.2) is 0 Å². The first-order valence-corrected chi connectivity index (χ1v) is 6.42. The van der Waals surface area contributed by atoms with Crippen LogP contribution in [0.3, 0.4) is 0 Å². The minimum atomic E-state index is -0.726. The topological polar surface area (TPSA) is 75.4 Å². The van der Waals surface area contributed by atoms with Crippen molar-refractivity contribution in [2.75, 3.05) is 6.54 Å². The van der Waals surface area contributed by atoms with Gasteiger partial charge < -0.3 is 16.2 Å². The molecule has 1 aromatic rings. The highest BCUT2D eigenvalue weighted by molar-refractivity contribution is 5.86. The number of hydrogen-bond acceptors (Lipinski definition) is 3. The summed E-state index contributed by atoms with van der Waals surface area (Å²) in [5.74, 6) is -0.144. The summed E-state index contributed by atoms with van der Waals surface area (Å²) in [6, 6.07) is 9.29. The van der Waals surface area contributed by atoms with E-state index in [1.807, 2.05) is 30.3 Å². The van der Waals surface area contributed by atoms with Crippen molar-refractivity contribution in [1.29, 1.82) is 0 Å². The molecular weight excluding hydrogens is 228 g/mol. The maximum Gasteiger partial charge on any atom is 0.240 e. The second kappa shape index (κ2) is 5.50. The summed E-state index contributed by atoms with van der Waals surface area (Å²) in [7, 11) is 0. The molecule has 1 aliphatic carbocycles. The molecule has 0 heterocycles. The molecule has 1 aromatic carbocycles. The lowest BCUT2D eigenvalue weighted by atomic mass is 9.98. The molecule has 1 aliphatic rings. The Bertz CT molecular complexity index is 400. The van der Waals surface area contributed by atoms with E-state index in [1.54, 1.807) is 0 Å². The van der Waals surface area contributed by atoms with E-state index in [4.69, 9.17) is 5.73 Å². The average molecular weight is 248 g/mol. The normalized spacial score (nSPS) is 19.4. The van der Waals surface area contributed by atoms with E-state index in [1.165, 1.54) is 0 Å². The minimum absolute atomic E-state index is 0.144. The number of carbonyl (C=O) groups is 1. The van der Waals surface area contributed by atoms with Gasteiger partial charge in [0.2, 0.25) is 5.91 Å². The van der Waals surface area contributed by atoms with Gasteiger partial charge in [0.25, 0.3) is 0 Å². The molecule has 18 heavy (non-hydrogen) atoms. The van der Waals surface area contributed by atoms with Crippen LogP contribution in [0.1, 0.15) is 37.4 Å².